The van der Waals surface area contributed by atoms with Gasteiger partial charge in [-0.05, 0) is 114 Å². The molecular formula is C61H42O. The molecule has 1 heterocycles. The molecule has 0 bridgehead atoms. The Morgan fingerprint density at radius 2 is 0.516 bits per heavy atom. The lowest BCUT2D eigenvalue weighted by atomic mass is 9.83. The van der Waals surface area contributed by atoms with Crippen LogP contribution >= 0.6 is 0 Å². The van der Waals surface area contributed by atoms with E-state index in [1.54, 1.807) is 0 Å². The Morgan fingerprint density at radius 1 is 0.210 bits per heavy atom. The van der Waals surface area contributed by atoms with E-state index in [0.29, 0.717) is 0 Å². The number of hydrogen-bond donors (Lipinski definition) is 0. The van der Waals surface area contributed by atoms with Crippen LogP contribution in [0.2, 0.25) is 0 Å². The zero-order chi connectivity index (χ0) is 41.2. The van der Waals surface area contributed by atoms with E-state index < -0.39 is 0 Å². The van der Waals surface area contributed by atoms with Gasteiger partial charge in [-0.25, -0.2) is 0 Å². The van der Waals surface area contributed by atoms with Crippen molar-refractivity contribution in [1.29, 1.82) is 0 Å². The van der Waals surface area contributed by atoms with Gasteiger partial charge in [0.05, 0.1) is 0 Å². The van der Waals surface area contributed by atoms with Gasteiger partial charge in [-0.3, -0.25) is 0 Å². The molecule has 0 atom stereocenters. The first-order valence-corrected chi connectivity index (χ1v) is 21.3. The van der Waals surface area contributed by atoms with Gasteiger partial charge in [-0.2, -0.15) is 0 Å². The maximum atomic E-state index is 6.19. The summed E-state index contributed by atoms with van der Waals surface area (Å²) in [5.74, 6) is 0.0500. The van der Waals surface area contributed by atoms with Crippen LogP contribution in [0.5, 0.6) is 0 Å². The van der Waals surface area contributed by atoms with Crippen LogP contribution in [0.25, 0.3) is 88.7 Å². The lowest BCUT2D eigenvalue weighted by Gasteiger charge is -2.20. The molecule has 0 radical (unpaired) electrons. The van der Waals surface area contributed by atoms with Crippen molar-refractivity contribution in [2.45, 2.75) is 5.92 Å². The molecule has 0 aliphatic heterocycles. The topological polar surface area (TPSA) is 13.1 Å². The first-order valence-electron chi connectivity index (χ1n) is 21.3. The fourth-order valence-corrected chi connectivity index (χ4v) is 8.96. The van der Waals surface area contributed by atoms with E-state index in [1.807, 2.05) is 12.1 Å². The quantitative estimate of drug-likeness (QED) is 0.133. The van der Waals surface area contributed by atoms with Crippen LogP contribution in [0, 0.1) is 0 Å². The van der Waals surface area contributed by atoms with Gasteiger partial charge < -0.3 is 4.42 Å². The molecule has 11 rings (SSSR count). The van der Waals surface area contributed by atoms with Gasteiger partial charge in [0.25, 0.3) is 0 Å². The van der Waals surface area contributed by atoms with Crippen molar-refractivity contribution < 1.29 is 4.42 Å². The Morgan fingerprint density at radius 3 is 0.968 bits per heavy atom. The average Bonchev–Trinajstić information content (AvgIpc) is 3.73. The first-order chi connectivity index (χ1) is 30.7. The average molecular weight is 791 g/mol. The molecule has 1 nitrogen and oxygen atoms in total. The van der Waals surface area contributed by atoms with Crippen molar-refractivity contribution in [1.82, 2.24) is 0 Å². The molecule has 0 aliphatic rings. The summed E-state index contributed by atoms with van der Waals surface area (Å²) in [4.78, 5) is 0. The summed E-state index contributed by atoms with van der Waals surface area (Å²) < 4.78 is 6.19. The molecule has 0 aliphatic carbocycles. The van der Waals surface area contributed by atoms with E-state index in [9.17, 15) is 0 Å². The summed E-state index contributed by atoms with van der Waals surface area (Å²) in [7, 11) is 0. The summed E-state index contributed by atoms with van der Waals surface area (Å²) in [6.07, 6.45) is 0. The number of hydrogen-bond acceptors (Lipinski definition) is 1. The Bertz CT molecular complexity index is 3160. The van der Waals surface area contributed by atoms with Crippen molar-refractivity contribution >= 4 is 21.9 Å². The minimum atomic E-state index is 0.0500. The van der Waals surface area contributed by atoms with Gasteiger partial charge in [0.1, 0.15) is 11.2 Å². The monoisotopic (exact) mass is 790 g/mol. The van der Waals surface area contributed by atoms with Crippen LogP contribution in [0.15, 0.2) is 253 Å². The van der Waals surface area contributed by atoms with Crippen LogP contribution in [-0.2, 0) is 0 Å². The van der Waals surface area contributed by atoms with Gasteiger partial charge in [0.2, 0.25) is 0 Å². The molecule has 1 heteroatoms. The molecule has 0 saturated heterocycles. The number of fused-ring (bicyclic) bond motifs is 3. The van der Waals surface area contributed by atoms with Crippen LogP contribution in [-0.4, -0.2) is 0 Å². The van der Waals surface area contributed by atoms with Crippen molar-refractivity contribution in [2.24, 2.45) is 0 Å². The van der Waals surface area contributed by atoms with Gasteiger partial charge in [0.15, 0.2) is 0 Å². The number of furan rings is 1. The third-order valence-electron chi connectivity index (χ3n) is 12.3. The third-order valence-corrected chi connectivity index (χ3v) is 12.3. The summed E-state index contributed by atoms with van der Waals surface area (Å²) >= 11 is 0. The van der Waals surface area contributed by atoms with Gasteiger partial charge in [-0.15, -0.1) is 0 Å². The standard InChI is InChI=1S/C61H42O/c1-3-11-42(12-4-1)52-15-9-17-54(39-52)46-27-33-50(34-28-46)61(51-35-29-47(30-36-51)55-18-10-16-53(40-55)43-13-5-2-6-14-43)49-31-25-45(26-32-49)44-21-23-48(24-22-44)56-37-38-58-57-19-7-8-20-59(57)62-60(58)41-56/h1-41,61H. The lowest BCUT2D eigenvalue weighted by Crippen LogP contribution is -2.03. The predicted molar refractivity (Wildman–Crippen MR) is 260 cm³/mol. The van der Waals surface area contributed by atoms with Crippen LogP contribution in [0.4, 0.5) is 0 Å². The molecule has 1 aromatic heterocycles. The third kappa shape index (κ3) is 7.31. The fraction of sp³-hybridized carbons (Fsp3) is 0.0164. The molecule has 0 saturated carbocycles. The first kappa shape index (κ1) is 37.0. The highest BCUT2D eigenvalue weighted by molar-refractivity contribution is 6.05. The van der Waals surface area contributed by atoms with E-state index in [4.69, 9.17) is 4.42 Å². The Balaban J connectivity index is 0.905. The summed E-state index contributed by atoms with van der Waals surface area (Å²) in [5, 5.41) is 2.30. The van der Waals surface area contributed by atoms with E-state index in [-0.39, 0.29) is 5.92 Å². The number of para-hydroxylation sites is 1. The normalized spacial score (nSPS) is 11.4. The van der Waals surface area contributed by atoms with Crippen molar-refractivity contribution in [3.8, 4) is 66.8 Å². The highest BCUT2D eigenvalue weighted by atomic mass is 16.3. The summed E-state index contributed by atoms with van der Waals surface area (Å²) in [6.45, 7) is 0. The van der Waals surface area contributed by atoms with E-state index in [1.165, 1.54) is 77.9 Å². The van der Waals surface area contributed by atoms with Crippen LogP contribution in [0.3, 0.4) is 0 Å². The SMILES string of the molecule is c1ccc(-c2cccc(-c3ccc(C(c4ccc(-c5ccc(-c6ccc7c(c6)oc6ccccc67)cc5)cc4)c4ccc(-c5cccc(-c6ccccc6)c5)cc4)cc3)c2)cc1. The molecule has 0 spiro atoms. The zero-order valence-electron chi connectivity index (χ0n) is 34.2. The zero-order valence-corrected chi connectivity index (χ0v) is 34.2. The maximum absolute atomic E-state index is 6.19. The highest BCUT2D eigenvalue weighted by Gasteiger charge is 2.18. The largest absolute Gasteiger partial charge is 0.456 e. The van der Waals surface area contributed by atoms with Crippen LogP contribution in [0.1, 0.15) is 22.6 Å². The number of rotatable bonds is 9. The molecule has 11 aromatic rings. The van der Waals surface area contributed by atoms with Crippen LogP contribution < -0.4 is 0 Å². The van der Waals surface area contributed by atoms with E-state index in [0.717, 1.165) is 27.5 Å². The molecule has 0 unspecified atom stereocenters. The van der Waals surface area contributed by atoms with E-state index >= 15 is 0 Å². The second-order valence-electron chi connectivity index (χ2n) is 16.1. The van der Waals surface area contributed by atoms with Crippen molar-refractivity contribution in [3.63, 3.8) is 0 Å². The molecule has 0 N–H and O–H groups in total. The van der Waals surface area contributed by atoms with Crippen molar-refractivity contribution in [3.05, 3.63) is 265 Å². The molecule has 292 valence electrons. The Hall–Kier alpha value is -8.00. The van der Waals surface area contributed by atoms with Crippen molar-refractivity contribution in [2.75, 3.05) is 0 Å². The summed E-state index contributed by atoms with van der Waals surface area (Å²) in [6, 6.07) is 90.0. The minimum absolute atomic E-state index is 0.0500. The lowest BCUT2D eigenvalue weighted by molar-refractivity contribution is 0.669. The van der Waals surface area contributed by atoms with Gasteiger partial charge in [0, 0.05) is 16.7 Å². The predicted octanol–water partition coefficient (Wildman–Crippen LogP) is 16.8. The Kier molecular flexibility index (Phi) is 9.69. The Labute approximate surface area is 362 Å². The fourth-order valence-electron chi connectivity index (χ4n) is 8.96. The second-order valence-corrected chi connectivity index (χ2v) is 16.1. The van der Waals surface area contributed by atoms with Gasteiger partial charge in [-0.1, -0.05) is 218 Å². The molecule has 0 amide bonds. The van der Waals surface area contributed by atoms with E-state index in [2.05, 4.69) is 237 Å². The smallest absolute Gasteiger partial charge is 0.136 e. The highest BCUT2D eigenvalue weighted by Crippen LogP contribution is 2.38. The van der Waals surface area contributed by atoms with Gasteiger partial charge >= 0.3 is 0 Å². The summed E-state index contributed by atoms with van der Waals surface area (Å²) in [5.41, 5.74) is 20.0. The minimum Gasteiger partial charge on any atom is -0.456 e. The maximum Gasteiger partial charge on any atom is 0.136 e. The molecule has 0 fully saturated rings. The number of benzene rings is 10. The second kappa shape index (κ2) is 16.2. The molecule has 62 heavy (non-hydrogen) atoms. The molecular weight excluding hydrogens is 749 g/mol. The molecule has 10 aromatic carbocycles.